The molecule has 4 heterocycles. The second-order valence-corrected chi connectivity index (χ2v) is 7.61. The highest BCUT2D eigenvalue weighted by Gasteiger charge is 2.29. The van der Waals surface area contributed by atoms with Crippen LogP contribution in [0.1, 0.15) is 22.6 Å². The second kappa shape index (κ2) is 6.24. The van der Waals surface area contributed by atoms with Crippen molar-refractivity contribution in [1.82, 2.24) is 14.6 Å². The van der Waals surface area contributed by atoms with Gasteiger partial charge in [-0.1, -0.05) is 36.4 Å². The lowest BCUT2D eigenvalue weighted by Crippen LogP contribution is -2.12. The summed E-state index contributed by atoms with van der Waals surface area (Å²) in [5.74, 6) is 2.88. The maximum Gasteiger partial charge on any atom is 0.170 e. The molecule has 1 N–H and O–H groups in total. The first-order valence-corrected chi connectivity index (χ1v) is 9.83. The molecule has 144 valence electrons. The quantitative estimate of drug-likeness (QED) is 0.533. The Balaban J connectivity index is 1.53. The van der Waals surface area contributed by atoms with E-state index in [-0.39, 0.29) is 5.92 Å². The van der Waals surface area contributed by atoms with Crippen molar-refractivity contribution in [3.8, 4) is 22.6 Å². The predicted molar refractivity (Wildman–Crippen MR) is 111 cm³/mol. The number of aromatic nitrogens is 3. The largest absolute Gasteiger partial charge is 0.493 e. The standard InChI is InChI=1S/C23H20N4O2/c1-14-5-2-3-7-17(14)18-9-20-23(27-13-25-26-22(18)27)24-10-15-6-4-8-19-21(15)16(11-28-19)12-29-20/h2-9,13,16,24H,10-12H2,1H3/t16-/m1/s1. The lowest BCUT2D eigenvalue weighted by Gasteiger charge is -2.17. The number of hydrogen-bond acceptors (Lipinski definition) is 5. The van der Waals surface area contributed by atoms with Gasteiger partial charge in [-0.3, -0.25) is 4.40 Å². The van der Waals surface area contributed by atoms with E-state index in [0.29, 0.717) is 19.8 Å². The van der Waals surface area contributed by atoms with Crippen LogP contribution in [0.2, 0.25) is 0 Å². The van der Waals surface area contributed by atoms with Crippen LogP contribution >= 0.6 is 0 Å². The van der Waals surface area contributed by atoms with E-state index in [1.807, 2.05) is 28.7 Å². The van der Waals surface area contributed by atoms with Crippen LogP contribution in [-0.4, -0.2) is 27.8 Å². The van der Waals surface area contributed by atoms with E-state index >= 15 is 0 Å². The molecule has 2 aliphatic rings. The van der Waals surface area contributed by atoms with Crippen LogP contribution in [0.3, 0.4) is 0 Å². The van der Waals surface area contributed by atoms with E-state index in [0.717, 1.165) is 34.1 Å². The van der Waals surface area contributed by atoms with Crippen LogP contribution in [0.5, 0.6) is 11.5 Å². The molecule has 0 bridgehead atoms. The molecule has 6 heteroatoms. The molecule has 0 spiro atoms. The van der Waals surface area contributed by atoms with E-state index in [4.69, 9.17) is 9.47 Å². The molecule has 0 amide bonds. The molecule has 0 radical (unpaired) electrons. The SMILES string of the molecule is Cc1ccccc1-c1cc2c(n3cnnc13)NCc1cccc3c1[C@H](CO3)CO2. The smallest absolute Gasteiger partial charge is 0.170 e. The first-order chi connectivity index (χ1) is 14.3. The molecular weight excluding hydrogens is 364 g/mol. The van der Waals surface area contributed by atoms with Crippen molar-refractivity contribution < 1.29 is 9.47 Å². The molecule has 6 rings (SSSR count). The molecule has 0 aliphatic carbocycles. The zero-order valence-electron chi connectivity index (χ0n) is 16.1. The summed E-state index contributed by atoms with van der Waals surface area (Å²) in [5.41, 5.74) is 6.65. The Bertz CT molecular complexity index is 1250. The zero-order chi connectivity index (χ0) is 19.4. The molecule has 2 aromatic carbocycles. The van der Waals surface area contributed by atoms with Gasteiger partial charge in [0.15, 0.2) is 17.2 Å². The minimum Gasteiger partial charge on any atom is -0.493 e. The van der Waals surface area contributed by atoms with Crippen LogP contribution in [0, 0.1) is 6.92 Å². The van der Waals surface area contributed by atoms with Gasteiger partial charge in [0.1, 0.15) is 12.1 Å². The fourth-order valence-corrected chi connectivity index (χ4v) is 4.43. The topological polar surface area (TPSA) is 60.7 Å². The molecule has 1 atom stereocenters. The van der Waals surface area contributed by atoms with Crippen molar-refractivity contribution in [2.24, 2.45) is 0 Å². The third-order valence-corrected chi connectivity index (χ3v) is 5.86. The Kier molecular flexibility index (Phi) is 3.53. The third-order valence-electron chi connectivity index (χ3n) is 5.86. The lowest BCUT2D eigenvalue weighted by molar-refractivity contribution is 0.249. The molecule has 0 unspecified atom stereocenters. The Hall–Kier alpha value is -3.54. The normalized spacial score (nSPS) is 17.2. The summed E-state index contributed by atoms with van der Waals surface area (Å²) >= 11 is 0. The van der Waals surface area contributed by atoms with Gasteiger partial charge >= 0.3 is 0 Å². The van der Waals surface area contributed by atoms with Crippen molar-refractivity contribution in [2.45, 2.75) is 19.4 Å². The highest BCUT2D eigenvalue weighted by Crippen LogP contribution is 2.41. The van der Waals surface area contributed by atoms with Crippen LogP contribution in [0.15, 0.2) is 54.9 Å². The first kappa shape index (κ1) is 16.4. The molecule has 6 nitrogen and oxygen atoms in total. The fraction of sp³-hybridized carbons (Fsp3) is 0.217. The van der Waals surface area contributed by atoms with Crippen LogP contribution in [0.25, 0.3) is 16.8 Å². The van der Waals surface area contributed by atoms with E-state index in [1.54, 1.807) is 6.33 Å². The number of nitrogens with zero attached hydrogens (tertiary/aromatic N) is 3. The number of rotatable bonds is 1. The van der Waals surface area contributed by atoms with E-state index in [2.05, 4.69) is 46.7 Å². The highest BCUT2D eigenvalue weighted by atomic mass is 16.5. The van der Waals surface area contributed by atoms with E-state index in [1.165, 1.54) is 16.7 Å². The van der Waals surface area contributed by atoms with Gasteiger partial charge in [-0.15, -0.1) is 10.2 Å². The lowest BCUT2D eigenvalue weighted by atomic mass is 9.96. The maximum atomic E-state index is 6.36. The molecule has 0 saturated carbocycles. The summed E-state index contributed by atoms with van der Waals surface area (Å²) in [7, 11) is 0. The first-order valence-electron chi connectivity index (χ1n) is 9.83. The molecule has 29 heavy (non-hydrogen) atoms. The average Bonchev–Trinajstić information content (AvgIpc) is 3.39. The molecule has 2 aromatic heterocycles. The number of fused-ring (bicyclic) bond motifs is 3. The van der Waals surface area contributed by atoms with Crippen molar-refractivity contribution in [2.75, 3.05) is 18.5 Å². The van der Waals surface area contributed by atoms with Crippen molar-refractivity contribution in [1.29, 1.82) is 0 Å². The summed E-state index contributed by atoms with van der Waals surface area (Å²) in [6, 6.07) is 16.6. The Labute approximate surface area is 168 Å². The number of nitrogens with one attached hydrogen (secondary N) is 1. The Morgan fingerprint density at radius 1 is 1.00 bits per heavy atom. The van der Waals surface area contributed by atoms with E-state index < -0.39 is 0 Å². The van der Waals surface area contributed by atoms with Crippen LogP contribution in [-0.2, 0) is 6.54 Å². The summed E-state index contributed by atoms with van der Waals surface area (Å²) in [6.07, 6.45) is 1.74. The van der Waals surface area contributed by atoms with Gasteiger partial charge in [0.25, 0.3) is 0 Å². The third kappa shape index (κ3) is 2.49. The number of anilines is 1. The minimum absolute atomic E-state index is 0.229. The molecule has 4 aromatic rings. The van der Waals surface area contributed by atoms with Gasteiger partial charge < -0.3 is 14.8 Å². The van der Waals surface area contributed by atoms with Crippen LogP contribution < -0.4 is 14.8 Å². The fourth-order valence-electron chi connectivity index (χ4n) is 4.43. The number of aryl methyl sites for hydroxylation is 1. The Morgan fingerprint density at radius 2 is 1.86 bits per heavy atom. The van der Waals surface area contributed by atoms with Gasteiger partial charge in [-0.2, -0.15) is 0 Å². The molecule has 0 fully saturated rings. The maximum absolute atomic E-state index is 6.36. The van der Waals surface area contributed by atoms with Gasteiger partial charge in [0, 0.05) is 17.7 Å². The van der Waals surface area contributed by atoms with E-state index in [9.17, 15) is 0 Å². The molecule has 2 aliphatic heterocycles. The second-order valence-electron chi connectivity index (χ2n) is 7.61. The molecular formula is C23H20N4O2. The van der Waals surface area contributed by atoms with Gasteiger partial charge in [0.2, 0.25) is 0 Å². The predicted octanol–water partition coefficient (Wildman–Crippen LogP) is 4.19. The van der Waals surface area contributed by atoms with Crippen molar-refractivity contribution in [3.05, 3.63) is 71.5 Å². The highest BCUT2D eigenvalue weighted by molar-refractivity contribution is 5.83. The molecule has 0 saturated heterocycles. The number of ether oxygens (including phenoxy) is 2. The van der Waals surface area contributed by atoms with Crippen molar-refractivity contribution in [3.63, 3.8) is 0 Å². The monoisotopic (exact) mass is 384 g/mol. The van der Waals surface area contributed by atoms with Gasteiger partial charge in [0.05, 0.1) is 19.1 Å². The zero-order valence-corrected chi connectivity index (χ0v) is 16.1. The number of hydrogen-bond donors (Lipinski definition) is 1. The van der Waals surface area contributed by atoms with Crippen molar-refractivity contribution >= 4 is 11.5 Å². The van der Waals surface area contributed by atoms with Gasteiger partial charge in [-0.25, -0.2) is 0 Å². The summed E-state index contributed by atoms with van der Waals surface area (Å²) in [5, 5.41) is 12.2. The number of pyridine rings is 1. The average molecular weight is 384 g/mol. The number of benzene rings is 2. The van der Waals surface area contributed by atoms with Crippen LogP contribution in [0.4, 0.5) is 5.82 Å². The minimum atomic E-state index is 0.229. The van der Waals surface area contributed by atoms with Gasteiger partial charge in [-0.05, 0) is 35.7 Å². The summed E-state index contributed by atoms with van der Waals surface area (Å²) < 4.78 is 14.2. The summed E-state index contributed by atoms with van der Waals surface area (Å²) in [4.78, 5) is 0. The Morgan fingerprint density at radius 3 is 2.76 bits per heavy atom. The summed E-state index contributed by atoms with van der Waals surface area (Å²) in [6.45, 7) is 4.02.